The lowest BCUT2D eigenvalue weighted by Gasteiger charge is -2.36. The fraction of sp³-hybridized carbons (Fsp3) is 0.484. The van der Waals surface area contributed by atoms with E-state index in [4.69, 9.17) is 4.74 Å². The molecule has 1 saturated heterocycles. The fourth-order valence-corrected chi connectivity index (χ4v) is 5.23. The van der Waals surface area contributed by atoms with Gasteiger partial charge in [0.1, 0.15) is 18.5 Å². The number of carbonyl (C=O) groups is 2. The summed E-state index contributed by atoms with van der Waals surface area (Å²) in [6.45, 7) is 8.44. The summed E-state index contributed by atoms with van der Waals surface area (Å²) >= 11 is 0. The second-order valence-electron chi connectivity index (χ2n) is 11.0. The van der Waals surface area contributed by atoms with Crippen molar-refractivity contribution in [3.05, 3.63) is 72.2 Å². The van der Waals surface area contributed by atoms with E-state index < -0.39 is 18.2 Å². The van der Waals surface area contributed by atoms with Crippen LogP contribution in [0.5, 0.6) is 0 Å². The minimum atomic E-state index is -0.737. The Hall–Kier alpha value is -3.46. The van der Waals surface area contributed by atoms with E-state index in [0.717, 1.165) is 17.7 Å². The van der Waals surface area contributed by atoms with Crippen molar-refractivity contribution in [1.29, 1.82) is 0 Å². The lowest BCUT2D eigenvalue weighted by Crippen LogP contribution is -2.49. The molecule has 1 fully saturated rings. The van der Waals surface area contributed by atoms with E-state index in [1.165, 1.54) is 12.1 Å². The van der Waals surface area contributed by atoms with E-state index in [1.807, 2.05) is 43.0 Å². The van der Waals surface area contributed by atoms with E-state index in [2.05, 4.69) is 23.3 Å². The summed E-state index contributed by atoms with van der Waals surface area (Å²) in [7, 11) is 0. The molecule has 1 amide bonds. The molecule has 8 nitrogen and oxygen atoms in total. The molecule has 2 aliphatic rings. The van der Waals surface area contributed by atoms with Gasteiger partial charge >= 0.3 is 5.97 Å². The van der Waals surface area contributed by atoms with Crippen molar-refractivity contribution in [2.75, 3.05) is 31.1 Å². The molecule has 1 radical (unpaired) electrons. The first-order valence-corrected chi connectivity index (χ1v) is 14.1. The van der Waals surface area contributed by atoms with E-state index in [-0.39, 0.29) is 30.6 Å². The third kappa shape index (κ3) is 8.27. The van der Waals surface area contributed by atoms with Crippen molar-refractivity contribution in [3.63, 3.8) is 0 Å². The average Bonchev–Trinajstić information content (AvgIpc) is 3.42. The number of amides is 1. The largest absolute Gasteiger partial charge is 0.457 e. The SMILES string of the molecule is C/C(=C\c1cc(F)cc(N2CCN(C(=O)Cn3cccn3)CC2)c1)[C@H]1OC(=O)C[C@H](O)CC[C@@H](C)[CH]/C=C/[C@@H]1C. The molecule has 1 aromatic heterocycles. The number of cyclic esters (lactones) is 1. The molecule has 4 rings (SSSR count). The molecular weight excluding hydrogens is 511 g/mol. The maximum absolute atomic E-state index is 14.8. The topological polar surface area (TPSA) is 87.9 Å². The quantitative estimate of drug-likeness (QED) is 0.559. The van der Waals surface area contributed by atoms with Gasteiger partial charge in [0.25, 0.3) is 0 Å². The standard InChI is InChI=1S/C31H40FN4O4/c1-22-6-4-7-23(2)31(40-30(39)20-28(37)9-8-22)24(3)16-25-17-26(32)19-27(18-25)34-12-14-35(15-13-34)29(38)21-36-11-5-10-33-36/h4-7,10-11,16-19,22-23,28,31,37H,8-9,12-15,20-21H2,1-3H3/b7-4+,24-16+/t22-,23-,28+,31-/m0/s1. The zero-order valence-electron chi connectivity index (χ0n) is 23.6. The fourth-order valence-electron chi connectivity index (χ4n) is 5.23. The van der Waals surface area contributed by atoms with Crippen LogP contribution < -0.4 is 4.90 Å². The highest BCUT2D eigenvalue weighted by atomic mass is 19.1. The molecule has 2 aromatic rings. The van der Waals surface area contributed by atoms with Crippen LogP contribution in [0.15, 0.2) is 54.4 Å². The third-order valence-corrected chi connectivity index (χ3v) is 7.55. The lowest BCUT2D eigenvalue weighted by molar-refractivity contribution is -0.151. The van der Waals surface area contributed by atoms with Gasteiger partial charge in [0, 0.05) is 50.2 Å². The van der Waals surface area contributed by atoms with Crippen LogP contribution in [-0.4, -0.2) is 70.1 Å². The lowest BCUT2D eigenvalue weighted by atomic mass is 9.93. The van der Waals surface area contributed by atoms with Gasteiger partial charge in [0.2, 0.25) is 5.91 Å². The number of hydrogen-bond donors (Lipinski definition) is 1. The summed E-state index contributed by atoms with van der Waals surface area (Å²) in [5.74, 6) is -0.603. The minimum absolute atomic E-state index is 0.0103. The smallest absolute Gasteiger partial charge is 0.309 e. The van der Waals surface area contributed by atoms with Gasteiger partial charge in [-0.3, -0.25) is 14.3 Å². The van der Waals surface area contributed by atoms with Crippen LogP contribution in [0.3, 0.4) is 0 Å². The number of aromatic nitrogens is 2. The number of carbonyl (C=O) groups excluding carboxylic acids is 2. The van der Waals surface area contributed by atoms with Gasteiger partial charge in [0.15, 0.2) is 0 Å². The molecule has 0 aliphatic carbocycles. The number of aliphatic hydroxyl groups excluding tert-OH is 1. The van der Waals surface area contributed by atoms with Gasteiger partial charge in [-0.2, -0.15) is 5.10 Å². The molecule has 0 spiro atoms. The van der Waals surface area contributed by atoms with Crippen molar-refractivity contribution < 1.29 is 23.8 Å². The number of ether oxygens (including phenoxy) is 1. The van der Waals surface area contributed by atoms with Gasteiger partial charge in [-0.1, -0.05) is 32.1 Å². The number of halogens is 1. The summed E-state index contributed by atoms with van der Waals surface area (Å²) in [5, 5.41) is 14.4. The van der Waals surface area contributed by atoms with Crippen molar-refractivity contribution in [2.45, 2.75) is 58.8 Å². The number of allylic oxidation sites excluding steroid dienone is 1. The summed E-state index contributed by atoms with van der Waals surface area (Å²) < 4.78 is 22.2. The first kappa shape index (κ1) is 29.5. The Morgan fingerprint density at radius 2 is 1.95 bits per heavy atom. The monoisotopic (exact) mass is 551 g/mol. The van der Waals surface area contributed by atoms with Crippen molar-refractivity contribution in [3.8, 4) is 0 Å². The van der Waals surface area contributed by atoms with Crippen LogP contribution in [-0.2, 0) is 20.9 Å². The molecule has 0 unspecified atom stereocenters. The van der Waals surface area contributed by atoms with Crippen LogP contribution in [0.25, 0.3) is 6.08 Å². The summed E-state index contributed by atoms with van der Waals surface area (Å²) in [4.78, 5) is 29.1. The van der Waals surface area contributed by atoms with E-state index in [9.17, 15) is 19.1 Å². The Bertz CT molecular complexity index is 1200. The molecule has 0 saturated carbocycles. The number of nitrogens with zero attached hydrogens (tertiary/aromatic N) is 4. The van der Waals surface area contributed by atoms with Gasteiger partial charge in [-0.15, -0.1) is 0 Å². The Balaban J connectivity index is 1.46. The predicted molar refractivity (Wildman–Crippen MR) is 153 cm³/mol. The van der Waals surface area contributed by atoms with E-state index in [1.54, 1.807) is 23.1 Å². The molecule has 0 bridgehead atoms. The average molecular weight is 552 g/mol. The van der Waals surface area contributed by atoms with Crippen molar-refractivity contribution in [2.24, 2.45) is 11.8 Å². The van der Waals surface area contributed by atoms with Crippen LogP contribution in [0.2, 0.25) is 0 Å². The molecule has 1 N–H and O–H groups in total. The predicted octanol–water partition coefficient (Wildman–Crippen LogP) is 4.26. The van der Waals surface area contributed by atoms with E-state index in [0.29, 0.717) is 44.1 Å². The minimum Gasteiger partial charge on any atom is -0.457 e. The van der Waals surface area contributed by atoms with Crippen LogP contribution >= 0.6 is 0 Å². The Labute approximate surface area is 236 Å². The van der Waals surface area contributed by atoms with Crippen LogP contribution in [0.4, 0.5) is 10.1 Å². The highest BCUT2D eigenvalue weighted by Crippen LogP contribution is 2.26. The molecule has 1 aromatic carbocycles. The van der Waals surface area contributed by atoms with Gasteiger partial charge in [-0.05, 0) is 67.5 Å². The highest BCUT2D eigenvalue weighted by Gasteiger charge is 2.25. The summed E-state index contributed by atoms with van der Waals surface area (Å²) in [6.07, 6.45) is 11.4. The summed E-state index contributed by atoms with van der Waals surface area (Å²) in [5.41, 5.74) is 2.20. The third-order valence-electron chi connectivity index (χ3n) is 7.55. The van der Waals surface area contributed by atoms with Gasteiger partial charge < -0.3 is 19.6 Å². The zero-order valence-corrected chi connectivity index (χ0v) is 23.6. The molecule has 40 heavy (non-hydrogen) atoms. The normalized spacial score (nSPS) is 26.0. The van der Waals surface area contributed by atoms with Gasteiger partial charge in [-0.25, -0.2) is 4.39 Å². The second kappa shape index (κ2) is 13.7. The van der Waals surface area contributed by atoms with Gasteiger partial charge in [0.05, 0.1) is 12.5 Å². The first-order valence-electron chi connectivity index (χ1n) is 14.1. The van der Waals surface area contributed by atoms with Crippen LogP contribution in [0, 0.1) is 24.1 Å². The molecule has 2 aliphatic heterocycles. The maximum Gasteiger partial charge on any atom is 0.309 e. The number of anilines is 1. The number of aliphatic hydroxyl groups is 1. The number of piperazine rings is 1. The molecule has 215 valence electrons. The number of rotatable bonds is 5. The molecule has 4 atom stereocenters. The first-order chi connectivity index (χ1) is 19.2. The molecule has 3 heterocycles. The number of esters is 1. The van der Waals surface area contributed by atoms with Crippen LogP contribution in [0.1, 0.15) is 45.6 Å². The zero-order chi connectivity index (χ0) is 28.6. The Morgan fingerprint density at radius 3 is 2.67 bits per heavy atom. The van der Waals surface area contributed by atoms with E-state index >= 15 is 0 Å². The number of benzene rings is 1. The molecular formula is C31H40FN4O4. The maximum atomic E-state index is 14.8. The summed E-state index contributed by atoms with van der Waals surface area (Å²) in [6, 6.07) is 6.68. The van der Waals surface area contributed by atoms with Crippen molar-refractivity contribution in [1.82, 2.24) is 14.7 Å². The molecule has 9 heteroatoms. The second-order valence-corrected chi connectivity index (χ2v) is 11.0. The Kier molecular flexibility index (Phi) is 10.1. The Morgan fingerprint density at radius 1 is 1.18 bits per heavy atom. The highest BCUT2D eigenvalue weighted by molar-refractivity contribution is 5.76. The number of hydrogen-bond acceptors (Lipinski definition) is 6. The van der Waals surface area contributed by atoms with Crippen molar-refractivity contribution >= 4 is 23.6 Å².